The van der Waals surface area contributed by atoms with Crippen LogP contribution in [-0.2, 0) is 6.54 Å². The molecule has 0 saturated heterocycles. The normalized spacial score (nSPS) is 13.3. The van der Waals surface area contributed by atoms with Crippen LogP contribution in [0.5, 0.6) is 0 Å². The summed E-state index contributed by atoms with van der Waals surface area (Å²) in [6.45, 7) is 1.87. The third-order valence-electron chi connectivity index (χ3n) is 5.60. The first-order valence-corrected chi connectivity index (χ1v) is 11.1. The van der Waals surface area contributed by atoms with Crippen molar-refractivity contribution < 1.29 is 4.39 Å². The Balaban J connectivity index is 1.57. The summed E-state index contributed by atoms with van der Waals surface area (Å²) in [5.74, 6) is 2.00. The van der Waals surface area contributed by atoms with Crippen molar-refractivity contribution in [1.29, 1.82) is 5.41 Å². The average Bonchev–Trinajstić information content (AvgIpc) is 3.52. The van der Waals surface area contributed by atoms with Gasteiger partial charge in [0.2, 0.25) is 5.95 Å². The summed E-state index contributed by atoms with van der Waals surface area (Å²) < 4.78 is 14.1. The van der Waals surface area contributed by atoms with Crippen LogP contribution in [0.1, 0.15) is 42.0 Å². The predicted octanol–water partition coefficient (Wildman–Crippen LogP) is 3.50. The van der Waals surface area contributed by atoms with Crippen LogP contribution in [0.25, 0.3) is 0 Å². The quantitative estimate of drug-likeness (QED) is 0.260. The lowest BCUT2D eigenvalue weighted by Crippen LogP contribution is -2.29. The second-order valence-corrected chi connectivity index (χ2v) is 8.64. The van der Waals surface area contributed by atoms with Crippen molar-refractivity contribution in [2.24, 2.45) is 0 Å². The monoisotopic (exact) mass is 451 g/mol. The Hall–Kier alpha value is -3.53. The first-order chi connectivity index (χ1) is 15.9. The summed E-state index contributed by atoms with van der Waals surface area (Å²) in [7, 11) is 4.04. The highest BCUT2D eigenvalue weighted by Crippen LogP contribution is 2.39. The highest BCUT2D eigenvalue weighted by Gasteiger charge is 2.25. The van der Waals surface area contributed by atoms with E-state index in [2.05, 4.69) is 30.4 Å². The van der Waals surface area contributed by atoms with E-state index in [-0.39, 0.29) is 5.69 Å². The van der Waals surface area contributed by atoms with Crippen molar-refractivity contribution in [3.05, 3.63) is 53.1 Å². The van der Waals surface area contributed by atoms with Crippen molar-refractivity contribution >= 4 is 29.5 Å². The average molecular weight is 452 g/mol. The Bertz CT molecular complexity index is 1110. The van der Waals surface area contributed by atoms with Crippen LogP contribution in [0.3, 0.4) is 0 Å². The second-order valence-electron chi connectivity index (χ2n) is 8.64. The van der Waals surface area contributed by atoms with E-state index >= 15 is 0 Å². The number of H-pyrrole nitrogens is 1. The van der Waals surface area contributed by atoms with Crippen LogP contribution in [-0.4, -0.2) is 58.5 Å². The molecule has 0 spiro atoms. The third-order valence-corrected chi connectivity index (χ3v) is 5.60. The number of anilines is 4. The number of nitrogens with zero attached hydrogens (tertiary/aromatic N) is 5. The zero-order chi connectivity index (χ0) is 23.4. The Kier molecular flexibility index (Phi) is 6.83. The summed E-state index contributed by atoms with van der Waals surface area (Å²) in [5.41, 5.74) is 8.47. The molecule has 0 unspecified atom stereocenters. The van der Waals surface area contributed by atoms with Crippen LogP contribution >= 0.6 is 0 Å². The molecule has 1 fully saturated rings. The summed E-state index contributed by atoms with van der Waals surface area (Å²) in [6, 6.07) is 6.46. The molecule has 0 amide bonds. The van der Waals surface area contributed by atoms with Gasteiger partial charge in [-0.2, -0.15) is 10.1 Å². The number of nitrogens with one attached hydrogen (secondary N) is 3. The van der Waals surface area contributed by atoms with Crippen molar-refractivity contribution in [3.63, 3.8) is 0 Å². The van der Waals surface area contributed by atoms with Crippen molar-refractivity contribution in [2.75, 3.05) is 43.1 Å². The molecule has 0 bridgehead atoms. The topological polar surface area (TPSA) is 123 Å². The zero-order valence-electron chi connectivity index (χ0n) is 19.0. The van der Waals surface area contributed by atoms with Gasteiger partial charge in [-0.15, -0.1) is 0 Å². The highest BCUT2D eigenvalue weighted by atomic mass is 19.1. The number of hydrogen-bond acceptors (Lipinski definition) is 8. The van der Waals surface area contributed by atoms with Gasteiger partial charge < -0.3 is 26.3 Å². The smallest absolute Gasteiger partial charge is 0.227 e. The second kappa shape index (κ2) is 9.95. The van der Waals surface area contributed by atoms with E-state index in [9.17, 15) is 4.39 Å². The number of aromatic nitrogens is 4. The molecule has 4 rings (SSSR count). The summed E-state index contributed by atoms with van der Waals surface area (Å²) in [5, 5.41) is 18.4. The van der Waals surface area contributed by atoms with E-state index < -0.39 is 5.82 Å². The standard InChI is InChI=1S/C23H30FN9/c1-32(2)8-3-9-33(14-16-10-17(24)11-19(26)18(16)13-25)23-27-7-6-21(29-23)28-22-12-20(30-31-22)15-4-5-15/h6-7,10-13,15,25H,3-5,8-9,14,26H2,1-2H3,(H2,27,28,29,30,31). The van der Waals surface area contributed by atoms with Crippen molar-refractivity contribution in [1.82, 2.24) is 25.1 Å². The summed E-state index contributed by atoms with van der Waals surface area (Å²) >= 11 is 0. The Morgan fingerprint density at radius 1 is 1.24 bits per heavy atom. The first kappa shape index (κ1) is 22.7. The fourth-order valence-corrected chi connectivity index (χ4v) is 3.74. The minimum atomic E-state index is -0.428. The van der Waals surface area contributed by atoms with E-state index in [1.165, 1.54) is 25.0 Å². The van der Waals surface area contributed by atoms with Crippen LogP contribution in [0.2, 0.25) is 0 Å². The minimum Gasteiger partial charge on any atom is -0.398 e. The van der Waals surface area contributed by atoms with Crippen LogP contribution < -0.4 is 16.0 Å². The van der Waals surface area contributed by atoms with Gasteiger partial charge in [-0.25, -0.2) is 9.37 Å². The molecule has 1 aliphatic rings. The SMILES string of the molecule is CN(C)CCCN(Cc1cc(F)cc(N)c1C=N)c1nccc(Nc2cc(C3CC3)[nH]n2)n1. The lowest BCUT2D eigenvalue weighted by atomic mass is 10.1. The lowest BCUT2D eigenvalue weighted by Gasteiger charge is -2.25. The molecule has 1 saturated carbocycles. The first-order valence-electron chi connectivity index (χ1n) is 11.1. The third kappa shape index (κ3) is 5.83. The lowest BCUT2D eigenvalue weighted by molar-refractivity contribution is 0.399. The number of nitrogen functional groups attached to an aromatic ring is 1. The largest absolute Gasteiger partial charge is 0.398 e. The maximum absolute atomic E-state index is 14.1. The molecule has 5 N–H and O–H groups in total. The van der Waals surface area contributed by atoms with Crippen molar-refractivity contribution in [3.8, 4) is 0 Å². The highest BCUT2D eigenvalue weighted by molar-refractivity contribution is 5.87. The molecule has 0 radical (unpaired) electrons. The number of rotatable bonds is 11. The van der Waals surface area contributed by atoms with Crippen LogP contribution in [0, 0.1) is 11.2 Å². The molecule has 0 aliphatic heterocycles. The van der Waals surface area contributed by atoms with Gasteiger partial charge in [-0.1, -0.05) is 0 Å². The molecule has 174 valence electrons. The maximum atomic E-state index is 14.1. The molecule has 0 atom stereocenters. The number of halogens is 1. The number of nitrogens with two attached hydrogens (primary N) is 1. The van der Waals surface area contributed by atoms with E-state index in [1.807, 2.05) is 25.1 Å². The Labute approximate surface area is 192 Å². The summed E-state index contributed by atoms with van der Waals surface area (Å²) in [4.78, 5) is 13.2. The Morgan fingerprint density at radius 2 is 2.06 bits per heavy atom. The molecule has 2 aromatic heterocycles. The minimum absolute atomic E-state index is 0.245. The van der Waals surface area contributed by atoms with Gasteiger partial charge in [-0.05, 0) is 63.7 Å². The molecular formula is C23H30FN9. The van der Waals surface area contributed by atoms with Gasteiger partial charge >= 0.3 is 0 Å². The Morgan fingerprint density at radius 3 is 2.79 bits per heavy atom. The van der Waals surface area contributed by atoms with Crippen LogP contribution in [0.4, 0.5) is 27.7 Å². The molecule has 2 heterocycles. The van der Waals surface area contributed by atoms with Gasteiger partial charge in [0.1, 0.15) is 11.6 Å². The molecule has 3 aromatic rings. The number of aromatic amines is 1. The molecular weight excluding hydrogens is 421 g/mol. The molecule has 1 aliphatic carbocycles. The zero-order valence-corrected chi connectivity index (χ0v) is 19.0. The predicted molar refractivity (Wildman–Crippen MR) is 129 cm³/mol. The summed E-state index contributed by atoms with van der Waals surface area (Å²) in [6.07, 6.45) is 6.11. The van der Waals surface area contributed by atoms with E-state index in [1.54, 1.807) is 12.3 Å². The van der Waals surface area contributed by atoms with Gasteiger partial charge in [0.25, 0.3) is 0 Å². The fourth-order valence-electron chi connectivity index (χ4n) is 3.74. The fraction of sp³-hybridized carbons (Fsp3) is 0.391. The maximum Gasteiger partial charge on any atom is 0.227 e. The van der Waals surface area contributed by atoms with Crippen LogP contribution in [0.15, 0.2) is 30.5 Å². The van der Waals surface area contributed by atoms with Gasteiger partial charge in [0.15, 0.2) is 5.82 Å². The van der Waals surface area contributed by atoms with Gasteiger partial charge in [-0.3, -0.25) is 5.10 Å². The van der Waals surface area contributed by atoms with Gasteiger partial charge in [0.05, 0.1) is 0 Å². The molecule has 10 heteroatoms. The van der Waals surface area contributed by atoms with E-state index in [0.717, 1.165) is 24.9 Å². The number of hydrogen-bond donors (Lipinski definition) is 4. The molecule has 1 aromatic carbocycles. The van der Waals surface area contributed by atoms with Gasteiger partial charge in [0, 0.05) is 54.4 Å². The molecule has 9 nitrogen and oxygen atoms in total. The van der Waals surface area contributed by atoms with E-state index in [0.29, 0.717) is 47.7 Å². The van der Waals surface area contributed by atoms with E-state index in [4.69, 9.17) is 11.1 Å². The van der Waals surface area contributed by atoms with Crippen molar-refractivity contribution in [2.45, 2.75) is 31.7 Å². The number of benzene rings is 1. The molecule has 33 heavy (non-hydrogen) atoms.